The van der Waals surface area contributed by atoms with E-state index in [2.05, 4.69) is 82.2 Å². The van der Waals surface area contributed by atoms with Gasteiger partial charge in [-0.05, 0) is 50.5 Å². The lowest BCUT2D eigenvalue weighted by Crippen LogP contribution is -2.39. The van der Waals surface area contributed by atoms with Gasteiger partial charge in [0, 0.05) is 5.92 Å². The smallest absolute Gasteiger partial charge is 0.0839 e. The number of rotatable bonds is 5. The molecular weight excluding hydrogens is 272 g/mol. The van der Waals surface area contributed by atoms with Crippen molar-refractivity contribution in [3.05, 3.63) is 11.6 Å². The zero-order valence-electron chi connectivity index (χ0n) is 16.9. The average molecular weight is 313 g/mol. The molecule has 3 unspecified atom stereocenters. The number of aliphatic hydroxyl groups excluding tert-OH is 1. The number of ether oxygens (including phenoxy) is 1. The minimum absolute atomic E-state index is 0.0587. The molecule has 0 aliphatic carbocycles. The second-order valence-corrected chi connectivity index (χ2v) is 10.1. The predicted octanol–water partition coefficient (Wildman–Crippen LogP) is 5.60. The maximum atomic E-state index is 10.7. The third-order valence-electron chi connectivity index (χ3n) is 3.50. The molecule has 22 heavy (non-hydrogen) atoms. The molecule has 0 saturated carbocycles. The number of aliphatic hydroxyl groups is 1. The highest BCUT2D eigenvalue weighted by molar-refractivity contribution is 5.12. The second kappa shape index (κ2) is 7.49. The lowest BCUT2D eigenvalue weighted by molar-refractivity contribution is -0.0913. The summed E-state index contributed by atoms with van der Waals surface area (Å²) >= 11 is 0. The summed E-state index contributed by atoms with van der Waals surface area (Å²) in [5.41, 5.74) is 1.20. The van der Waals surface area contributed by atoms with E-state index in [4.69, 9.17) is 4.74 Å². The van der Waals surface area contributed by atoms with Crippen molar-refractivity contribution in [2.75, 3.05) is 0 Å². The first-order chi connectivity index (χ1) is 9.52. The largest absolute Gasteiger partial charge is 0.393 e. The summed E-state index contributed by atoms with van der Waals surface area (Å²) in [6.45, 7) is 23.5. The van der Waals surface area contributed by atoms with Crippen LogP contribution in [0.2, 0.25) is 0 Å². The van der Waals surface area contributed by atoms with Crippen molar-refractivity contribution in [2.45, 2.75) is 100 Å². The fraction of sp³-hybridized carbons (Fsp3) is 0.900. The van der Waals surface area contributed by atoms with Gasteiger partial charge >= 0.3 is 0 Å². The molecule has 3 atom stereocenters. The van der Waals surface area contributed by atoms with E-state index in [9.17, 15) is 5.11 Å². The van der Waals surface area contributed by atoms with Crippen molar-refractivity contribution >= 4 is 0 Å². The molecule has 0 spiro atoms. The highest BCUT2D eigenvalue weighted by atomic mass is 16.5. The quantitative estimate of drug-likeness (QED) is 0.670. The van der Waals surface area contributed by atoms with Crippen LogP contribution < -0.4 is 0 Å². The van der Waals surface area contributed by atoms with Gasteiger partial charge in [-0.2, -0.15) is 0 Å². The second-order valence-electron chi connectivity index (χ2n) is 10.1. The average Bonchev–Trinajstić information content (AvgIpc) is 2.18. The van der Waals surface area contributed by atoms with Gasteiger partial charge in [0.2, 0.25) is 0 Å². The monoisotopic (exact) mass is 312 g/mol. The van der Waals surface area contributed by atoms with Gasteiger partial charge in [0.05, 0.1) is 17.8 Å². The molecule has 0 aliphatic rings. The van der Waals surface area contributed by atoms with Gasteiger partial charge in [-0.1, -0.05) is 54.5 Å². The van der Waals surface area contributed by atoms with Crippen LogP contribution in [-0.4, -0.2) is 22.9 Å². The van der Waals surface area contributed by atoms with Gasteiger partial charge in [-0.15, -0.1) is 0 Å². The summed E-state index contributed by atoms with van der Waals surface area (Å²) in [6.07, 6.45) is 2.62. The Bertz CT molecular complexity index is 361. The van der Waals surface area contributed by atoms with E-state index in [1.54, 1.807) is 0 Å². The Hall–Kier alpha value is -0.340. The molecule has 0 radical (unpaired) electrons. The van der Waals surface area contributed by atoms with Gasteiger partial charge in [0.25, 0.3) is 0 Å². The van der Waals surface area contributed by atoms with Gasteiger partial charge < -0.3 is 9.84 Å². The first kappa shape index (κ1) is 21.7. The van der Waals surface area contributed by atoms with Crippen LogP contribution in [0, 0.1) is 16.7 Å². The van der Waals surface area contributed by atoms with Gasteiger partial charge in [0.1, 0.15) is 0 Å². The number of hydrogen-bond acceptors (Lipinski definition) is 2. The lowest BCUT2D eigenvalue weighted by Gasteiger charge is -2.37. The Morgan fingerprint density at radius 2 is 1.45 bits per heavy atom. The van der Waals surface area contributed by atoms with Gasteiger partial charge in [-0.25, -0.2) is 0 Å². The van der Waals surface area contributed by atoms with Crippen molar-refractivity contribution in [3.63, 3.8) is 0 Å². The van der Waals surface area contributed by atoms with E-state index < -0.39 is 0 Å². The molecule has 0 fully saturated rings. The van der Waals surface area contributed by atoms with Crippen LogP contribution in [0.5, 0.6) is 0 Å². The topological polar surface area (TPSA) is 29.5 Å². The van der Waals surface area contributed by atoms with E-state index in [-0.39, 0.29) is 34.6 Å². The van der Waals surface area contributed by atoms with E-state index in [1.807, 2.05) is 0 Å². The lowest BCUT2D eigenvalue weighted by atomic mass is 9.81. The molecule has 1 N–H and O–H groups in total. The third-order valence-corrected chi connectivity index (χ3v) is 3.50. The molecule has 0 rings (SSSR count). The molecule has 2 nitrogen and oxygen atoms in total. The van der Waals surface area contributed by atoms with Crippen molar-refractivity contribution in [1.29, 1.82) is 0 Å². The standard InChI is InChI=1S/C20H40O2/c1-14(12-18(3,4)5)17(22-20(9,10)11)15(2)16(21)13-19(6,7)8/h12,15-17,21H,13H2,1-11H3/b14-12+. The molecule has 132 valence electrons. The summed E-state index contributed by atoms with van der Waals surface area (Å²) < 4.78 is 6.31. The minimum atomic E-state index is -0.365. The van der Waals surface area contributed by atoms with Crippen LogP contribution in [0.15, 0.2) is 11.6 Å². The molecule has 0 aromatic rings. The number of hydrogen-bond donors (Lipinski definition) is 1. The normalized spacial score (nSPS) is 19.0. The molecule has 0 saturated heterocycles. The summed E-state index contributed by atoms with van der Waals surface area (Å²) in [7, 11) is 0. The van der Waals surface area contributed by atoms with E-state index in [1.165, 1.54) is 5.57 Å². The Balaban J connectivity index is 5.36. The highest BCUT2D eigenvalue weighted by Crippen LogP contribution is 2.32. The van der Waals surface area contributed by atoms with Crippen LogP contribution in [0.4, 0.5) is 0 Å². The summed E-state index contributed by atoms with van der Waals surface area (Å²) in [6, 6.07) is 0. The maximum absolute atomic E-state index is 10.7. The molecule has 2 heteroatoms. The SMILES string of the molecule is C/C(=C\C(C)(C)C)C(OC(C)(C)C)C(C)C(O)CC(C)(C)C. The first-order valence-corrected chi connectivity index (χ1v) is 8.57. The number of allylic oxidation sites excluding steroid dienone is 1. The zero-order chi connectivity index (χ0) is 17.9. The summed E-state index contributed by atoms with van der Waals surface area (Å²) in [5, 5.41) is 10.7. The molecular formula is C20H40O2. The van der Waals surface area contributed by atoms with Gasteiger partial charge in [0.15, 0.2) is 0 Å². The van der Waals surface area contributed by atoms with Crippen molar-refractivity contribution in [1.82, 2.24) is 0 Å². The van der Waals surface area contributed by atoms with Crippen LogP contribution in [0.25, 0.3) is 0 Å². The van der Waals surface area contributed by atoms with Crippen LogP contribution in [-0.2, 0) is 4.74 Å². The third kappa shape index (κ3) is 9.63. The summed E-state index contributed by atoms with van der Waals surface area (Å²) in [4.78, 5) is 0. The zero-order valence-corrected chi connectivity index (χ0v) is 16.9. The van der Waals surface area contributed by atoms with E-state index in [0.29, 0.717) is 0 Å². The van der Waals surface area contributed by atoms with Crippen LogP contribution in [0.1, 0.15) is 82.6 Å². The molecule has 0 aliphatic heterocycles. The first-order valence-electron chi connectivity index (χ1n) is 8.57. The Morgan fingerprint density at radius 1 is 1.00 bits per heavy atom. The maximum Gasteiger partial charge on any atom is 0.0839 e. The molecule has 0 bridgehead atoms. The van der Waals surface area contributed by atoms with Crippen LogP contribution in [0.3, 0.4) is 0 Å². The Labute approximate surface area is 139 Å². The van der Waals surface area contributed by atoms with Gasteiger partial charge in [-0.3, -0.25) is 0 Å². The fourth-order valence-corrected chi connectivity index (χ4v) is 2.78. The van der Waals surface area contributed by atoms with Crippen molar-refractivity contribution in [3.8, 4) is 0 Å². The summed E-state index contributed by atoms with van der Waals surface area (Å²) in [5.74, 6) is 0.0667. The Kier molecular flexibility index (Phi) is 7.37. The van der Waals surface area contributed by atoms with Crippen molar-refractivity contribution in [2.24, 2.45) is 16.7 Å². The molecule has 0 aromatic heterocycles. The molecule has 0 aromatic carbocycles. The van der Waals surface area contributed by atoms with Crippen molar-refractivity contribution < 1.29 is 9.84 Å². The Morgan fingerprint density at radius 3 is 1.77 bits per heavy atom. The van der Waals surface area contributed by atoms with Crippen LogP contribution >= 0.6 is 0 Å². The fourth-order valence-electron chi connectivity index (χ4n) is 2.78. The molecule has 0 heterocycles. The predicted molar refractivity (Wildman–Crippen MR) is 97.1 cm³/mol. The molecule has 0 amide bonds. The van der Waals surface area contributed by atoms with E-state index >= 15 is 0 Å². The van der Waals surface area contributed by atoms with E-state index in [0.717, 1.165) is 6.42 Å². The highest BCUT2D eigenvalue weighted by Gasteiger charge is 2.32. The minimum Gasteiger partial charge on any atom is -0.393 e.